The predicted molar refractivity (Wildman–Crippen MR) is 135 cm³/mol. The molecule has 0 heterocycles. The topological polar surface area (TPSA) is 64.6 Å². The zero-order valence-electron chi connectivity index (χ0n) is 20.8. The molecule has 0 aliphatic carbocycles. The van der Waals surface area contributed by atoms with Crippen molar-refractivity contribution in [3.05, 3.63) is 94.0 Å². The summed E-state index contributed by atoms with van der Waals surface area (Å²) in [5, 5.41) is 2.83. The molecule has 0 spiro atoms. The number of carbonyl (C=O) groups excluding carboxylic acids is 2. The van der Waals surface area contributed by atoms with E-state index < -0.39 is 5.97 Å². The van der Waals surface area contributed by atoms with E-state index in [1.807, 2.05) is 57.2 Å². The van der Waals surface area contributed by atoms with Crippen molar-refractivity contribution in [1.82, 2.24) is 0 Å². The molecule has 0 aromatic heterocycles. The molecule has 0 fully saturated rings. The third-order valence-corrected chi connectivity index (χ3v) is 5.59. The number of anilines is 1. The second-order valence-electron chi connectivity index (χ2n) is 9.66. The van der Waals surface area contributed by atoms with Gasteiger partial charge in [0.25, 0.3) is 5.91 Å². The van der Waals surface area contributed by atoms with Crippen molar-refractivity contribution in [1.29, 1.82) is 0 Å². The van der Waals surface area contributed by atoms with Crippen LogP contribution in [0.5, 0.6) is 5.75 Å². The van der Waals surface area contributed by atoms with Gasteiger partial charge in [-0.2, -0.15) is 0 Å². The van der Waals surface area contributed by atoms with Crippen molar-refractivity contribution in [2.24, 2.45) is 0 Å². The average Bonchev–Trinajstić information content (AvgIpc) is 2.78. The number of rotatable bonds is 7. The molecule has 5 heteroatoms. The highest BCUT2D eigenvalue weighted by atomic mass is 16.5. The molecule has 0 saturated heterocycles. The monoisotopic (exact) mass is 459 g/mol. The second-order valence-corrected chi connectivity index (χ2v) is 9.66. The highest BCUT2D eigenvalue weighted by Crippen LogP contribution is 2.25. The maximum absolute atomic E-state index is 12.4. The van der Waals surface area contributed by atoms with E-state index in [9.17, 15) is 9.59 Å². The summed E-state index contributed by atoms with van der Waals surface area (Å²) in [5.41, 5.74) is 6.49. The number of nitrogens with one attached hydrogen (secondary N) is 1. The molecule has 3 rings (SSSR count). The quantitative estimate of drug-likeness (QED) is 0.422. The summed E-state index contributed by atoms with van der Waals surface area (Å²) in [4.78, 5) is 24.6. The van der Waals surface area contributed by atoms with E-state index >= 15 is 0 Å². The maximum atomic E-state index is 12.4. The molecule has 0 radical (unpaired) electrons. The first-order valence-electron chi connectivity index (χ1n) is 11.4. The molecule has 34 heavy (non-hydrogen) atoms. The van der Waals surface area contributed by atoms with Crippen LogP contribution >= 0.6 is 0 Å². The second kappa shape index (κ2) is 10.6. The van der Waals surface area contributed by atoms with E-state index in [4.69, 9.17) is 9.47 Å². The fourth-order valence-electron chi connectivity index (χ4n) is 3.72. The smallest absolute Gasteiger partial charge is 0.338 e. The lowest BCUT2D eigenvalue weighted by Gasteiger charge is -2.19. The molecular weight excluding hydrogens is 426 g/mol. The molecule has 3 aromatic carbocycles. The van der Waals surface area contributed by atoms with Crippen molar-refractivity contribution in [3.63, 3.8) is 0 Å². The molecule has 1 N–H and O–H groups in total. The van der Waals surface area contributed by atoms with Crippen molar-refractivity contribution in [2.75, 3.05) is 11.9 Å². The highest BCUT2D eigenvalue weighted by molar-refractivity contribution is 5.96. The van der Waals surface area contributed by atoms with Gasteiger partial charge in [-0.25, -0.2) is 4.79 Å². The molecular formula is C29H33NO4. The first-order valence-corrected chi connectivity index (χ1v) is 11.4. The van der Waals surface area contributed by atoms with Crippen LogP contribution in [0.15, 0.2) is 60.7 Å². The minimum Gasteiger partial charge on any atom is -0.489 e. The minimum atomic E-state index is -0.544. The van der Waals surface area contributed by atoms with Crippen molar-refractivity contribution < 1.29 is 19.1 Å². The van der Waals surface area contributed by atoms with Crippen LogP contribution in [-0.2, 0) is 21.6 Å². The number of carbonyl (C=O) groups is 2. The van der Waals surface area contributed by atoms with Crippen LogP contribution in [-0.4, -0.2) is 18.5 Å². The molecule has 178 valence electrons. The third kappa shape index (κ3) is 6.70. The van der Waals surface area contributed by atoms with Crippen molar-refractivity contribution in [2.45, 2.75) is 53.6 Å². The molecule has 0 aliphatic heterocycles. The van der Waals surface area contributed by atoms with Gasteiger partial charge >= 0.3 is 5.97 Å². The Morgan fingerprint density at radius 3 is 2.00 bits per heavy atom. The fourth-order valence-corrected chi connectivity index (χ4v) is 3.72. The van der Waals surface area contributed by atoms with Gasteiger partial charge in [0.1, 0.15) is 12.4 Å². The summed E-state index contributed by atoms with van der Waals surface area (Å²) in [5.74, 6) is -0.120. The molecule has 3 aromatic rings. The Kier molecular flexibility index (Phi) is 7.77. The number of amides is 1. The van der Waals surface area contributed by atoms with E-state index in [2.05, 4.69) is 38.2 Å². The Balaban J connectivity index is 1.49. The minimum absolute atomic E-state index is 0.0994. The Hall–Kier alpha value is -3.60. The number of esters is 1. The van der Waals surface area contributed by atoms with Gasteiger partial charge in [-0.05, 0) is 72.7 Å². The van der Waals surface area contributed by atoms with E-state index in [1.165, 1.54) is 5.56 Å². The van der Waals surface area contributed by atoms with Crippen LogP contribution in [0.3, 0.4) is 0 Å². The maximum Gasteiger partial charge on any atom is 0.338 e. The first-order chi connectivity index (χ1) is 16.0. The lowest BCUT2D eigenvalue weighted by atomic mass is 9.87. The van der Waals surface area contributed by atoms with Crippen molar-refractivity contribution >= 4 is 17.6 Å². The summed E-state index contributed by atoms with van der Waals surface area (Å²) in [6.07, 6.45) is 0. The Labute approximate surface area is 202 Å². The van der Waals surface area contributed by atoms with Crippen molar-refractivity contribution in [3.8, 4) is 5.75 Å². The molecule has 0 saturated carbocycles. The zero-order valence-corrected chi connectivity index (χ0v) is 20.8. The van der Waals surface area contributed by atoms with Gasteiger partial charge in [-0.3, -0.25) is 4.79 Å². The summed E-state index contributed by atoms with van der Waals surface area (Å²) < 4.78 is 11.0. The zero-order chi connectivity index (χ0) is 24.9. The van der Waals surface area contributed by atoms with Gasteiger partial charge in [0.05, 0.1) is 5.56 Å². The van der Waals surface area contributed by atoms with Gasteiger partial charge in [0, 0.05) is 5.69 Å². The number of aryl methyl sites for hydroxylation is 3. The standard InChI is InChI=1S/C29H33NO4/c1-19-15-20(2)27(21(3)16-19)30-26(31)18-34-28(32)23-9-7-22(8-10-23)17-33-25-13-11-24(12-14-25)29(4,5)6/h7-16H,17-18H2,1-6H3,(H,30,31). The van der Waals surface area contributed by atoms with E-state index in [0.29, 0.717) is 12.2 Å². The first kappa shape index (κ1) is 25.0. The normalized spacial score (nSPS) is 11.1. The number of hydrogen-bond donors (Lipinski definition) is 1. The van der Waals surface area contributed by atoms with Gasteiger partial charge < -0.3 is 14.8 Å². The van der Waals surface area contributed by atoms with Crippen LogP contribution < -0.4 is 10.1 Å². The Morgan fingerprint density at radius 2 is 1.44 bits per heavy atom. The Bertz CT molecular complexity index is 1130. The van der Waals surface area contributed by atoms with E-state index in [0.717, 1.165) is 33.7 Å². The van der Waals surface area contributed by atoms with Crippen LogP contribution in [0.4, 0.5) is 5.69 Å². The van der Waals surface area contributed by atoms with Crippen LogP contribution in [0.2, 0.25) is 0 Å². The van der Waals surface area contributed by atoms with Crippen LogP contribution in [0.25, 0.3) is 0 Å². The SMILES string of the molecule is Cc1cc(C)c(NC(=O)COC(=O)c2ccc(COc3ccc(C(C)(C)C)cc3)cc2)c(C)c1. The highest BCUT2D eigenvalue weighted by Gasteiger charge is 2.14. The molecule has 0 unspecified atom stereocenters. The molecule has 5 nitrogen and oxygen atoms in total. The average molecular weight is 460 g/mol. The Morgan fingerprint density at radius 1 is 0.853 bits per heavy atom. The number of hydrogen-bond acceptors (Lipinski definition) is 4. The van der Waals surface area contributed by atoms with Gasteiger partial charge in [0.2, 0.25) is 0 Å². The summed E-state index contributed by atoms with van der Waals surface area (Å²) in [6.45, 7) is 12.5. The summed E-state index contributed by atoms with van der Waals surface area (Å²) in [6, 6.07) is 19.1. The lowest BCUT2D eigenvalue weighted by molar-refractivity contribution is -0.119. The predicted octanol–water partition coefficient (Wildman–Crippen LogP) is 6.28. The summed E-state index contributed by atoms with van der Waals surface area (Å²) >= 11 is 0. The van der Waals surface area contributed by atoms with E-state index in [-0.39, 0.29) is 17.9 Å². The molecule has 0 bridgehead atoms. The van der Waals surface area contributed by atoms with Crippen LogP contribution in [0, 0.1) is 20.8 Å². The molecule has 1 amide bonds. The third-order valence-electron chi connectivity index (χ3n) is 5.59. The van der Waals surface area contributed by atoms with E-state index in [1.54, 1.807) is 12.1 Å². The lowest BCUT2D eigenvalue weighted by Crippen LogP contribution is -2.22. The molecule has 0 aliphatic rings. The number of ether oxygens (including phenoxy) is 2. The van der Waals surface area contributed by atoms with Gasteiger partial charge in [0.15, 0.2) is 6.61 Å². The number of benzene rings is 3. The van der Waals surface area contributed by atoms with Crippen LogP contribution in [0.1, 0.15) is 58.9 Å². The fraction of sp³-hybridized carbons (Fsp3) is 0.310. The largest absolute Gasteiger partial charge is 0.489 e. The summed E-state index contributed by atoms with van der Waals surface area (Å²) in [7, 11) is 0. The van der Waals surface area contributed by atoms with Gasteiger partial charge in [-0.1, -0.05) is 62.7 Å². The molecule has 0 atom stereocenters. The van der Waals surface area contributed by atoms with Gasteiger partial charge in [-0.15, -0.1) is 0 Å².